The average molecular weight is 257 g/mol. The van der Waals surface area contributed by atoms with Gasteiger partial charge in [0.05, 0.1) is 0 Å². The molecule has 1 aliphatic heterocycles. The summed E-state index contributed by atoms with van der Waals surface area (Å²) in [7, 11) is 0. The van der Waals surface area contributed by atoms with Crippen LogP contribution in [0.5, 0.6) is 0 Å². The van der Waals surface area contributed by atoms with Crippen molar-refractivity contribution in [3.8, 4) is 0 Å². The van der Waals surface area contributed by atoms with E-state index in [0.29, 0.717) is 0 Å². The molecule has 2 nitrogen and oxygen atoms in total. The van der Waals surface area contributed by atoms with Crippen molar-refractivity contribution in [3.63, 3.8) is 0 Å². The van der Waals surface area contributed by atoms with Gasteiger partial charge in [0.1, 0.15) is 0 Å². The molecule has 0 radical (unpaired) electrons. The molecular formula is C17H23NO. The summed E-state index contributed by atoms with van der Waals surface area (Å²) in [6.07, 6.45) is 4.58. The van der Waals surface area contributed by atoms with Crippen molar-refractivity contribution in [2.24, 2.45) is 17.8 Å². The highest BCUT2D eigenvalue weighted by molar-refractivity contribution is 5.95. The van der Waals surface area contributed by atoms with E-state index in [2.05, 4.69) is 31.3 Å². The Balaban J connectivity index is 1.93. The van der Waals surface area contributed by atoms with Crippen LogP contribution in [0.4, 0.5) is 5.69 Å². The summed E-state index contributed by atoms with van der Waals surface area (Å²) in [5.74, 6) is 1.82. The highest BCUT2D eigenvalue weighted by Gasteiger charge is 2.26. The standard InChI is InChI=1S/C17H23NO/c1-10(2)12-4-5-13-8-15-6-11(3)17(19)18-16(15)9-14(13)7-12/h8-12H,4-7H2,1-3H3,(H,18,19). The number of aryl methyl sites for hydroxylation is 1. The van der Waals surface area contributed by atoms with Crippen LogP contribution >= 0.6 is 0 Å². The SMILES string of the molecule is CC1Cc2cc3c(cc2NC1=O)CC(C(C)C)CC3. The van der Waals surface area contributed by atoms with Crippen molar-refractivity contribution < 1.29 is 4.79 Å². The molecule has 0 aromatic heterocycles. The van der Waals surface area contributed by atoms with E-state index in [0.717, 1.165) is 23.9 Å². The van der Waals surface area contributed by atoms with Crippen molar-refractivity contribution >= 4 is 11.6 Å². The van der Waals surface area contributed by atoms with Gasteiger partial charge < -0.3 is 5.32 Å². The Kier molecular flexibility index (Phi) is 3.12. The van der Waals surface area contributed by atoms with Crippen LogP contribution in [0.1, 0.15) is 43.9 Å². The Morgan fingerprint density at radius 3 is 2.68 bits per heavy atom. The van der Waals surface area contributed by atoms with Gasteiger partial charge in [-0.05, 0) is 60.3 Å². The van der Waals surface area contributed by atoms with E-state index in [-0.39, 0.29) is 11.8 Å². The minimum Gasteiger partial charge on any atom is -0.326 e. The van der Waals surface area contributed by atoms with Crippen LogP contribution in [0.3, 0.4) is 0 Å². The van der Waals surface area contributed by atoms with Gasteiger partial charge in [-0.15, -0.1) is 0 Å². The third-order valence-corrected chi connectivity index (χ3v) is 4.87. The Morgan fingerprint density at radius 2 is 1.95 bits per heavy atom. The van der Waals surface area contributed by atoms with Crippen LogP contribution < -0.4 is 5.32 Å². The molecule has 0 spiro atoms. The molecule has 1 aromatic carbocycles. The van der Waals surface area contributed by atoms with E-state index in [1.165, 1.54) is 36.0 Å². The molecule has 2 aliphatic rings. The highest BCUT2D eigenvalue weighted by Crippen LogP contribution is 2.35. The zero-order valence-electron chi connectivity index (χ0n) is 12.1. The Hall–Kier alpha value is -1.31. The lowest BCUT2D eigenvalue weighted by molar-refractivity contribution is -0.119. The fraction of sp³-hybridized carbons (Fsp3) is 0.588. The predicted molar refractivity (Wildman–Crippen MR) is 78.3 cm³/mol. The molecule has 1 amide bonds. The van der Waals surface area contributed by atoms with Gasteiger partial charge in [-0.25, -0.2) is 0 Å². The second kappa shape index (κ2) is 4.66. The number of hydrogen-bond donors (Lipinski definition) is 1. The lowest BCUT2D eigenvalue weighted by atomic mass is 9.77. The summed E-state index contributed by atoms with van der Waals surface area (Å²) in [5.41, 5.74) is 5.36. The number of anilines is 1. The molecule has 2 unspecified atom stereocenters. The van der Waals surface area contributed by atoms with Crippen LogP contribution in [0.2, 0.25) is 0 Å². The maximum Gasteiger partial charge on any atom is 0.227 e. The lowest BCUT2D eigenvalue weighted by Gasteiger charge is -2.30. The average Bonchev–Trinajstić information content (AvgIpc) is 2.37. The van der Waals surface area contributed by atoms with E-state index in [1.54, 1.807) is 0 Å². The summed E-state index contributed by atoms with van der Waals surface area (Å²) in [6.45, 7) is 6.64. The lowest BCUT2D eigenvalue weighted by Crippen LogP contribution is -2.28. The molecule has 1 N–H and O–H groups in total. The first-order valence-corrected chi connectivity index (χ1v) is 7.50. The normalized spacial score (nSPS) is 25.8. The molecule has 102 valence electrons. The van der Waals surface area contributed by atoms with Gasteiger partial charge in [-0.1, -0.05) is 26.8 Å². The number of benzene rings is 1. The molecule has 0 bridgehead atoms. The zero-order chi connectivity index (χ0) is 13.6. The maximum atomic E-state index is 11.8. The first-order valence-electron chi connectivity index (χ1n) is 7.50. The zero-order valence-corrected chi connectivity index (χ0v) is 12.1. The smallest absolute Gasteiger partial charge is 0.227 e. The number of hydrogen-bond acceptors (Lipinski definition) is 1. The number of fused-ring (bicyclic) bond motifs is 2. The topological polar surface area (TPSA) is 29.1 Å². The minimum atomic E-state index is 0.109. The predicted octanol–water partition coefficient (Wildman–Crippen LogP) is 3.58. The first-order chi connectivity index (χ1) is 9.04. The van der Waals surface area contributed by atoms with Crippen LogP contribution in [-0.2, 0) is 24.1 Å². The number of amides is 1. The summed E-state index contributed by atoms with van der Waals surface area (Å²) >= 11 is 0. The summed E-state index contributed by atoms with van der Waals surface area (Å²) in [5, 5.41) is 3.06. The summed E-state index contributed by atoms with van der Waals surface area (Å²) in [6, 6.07) is 4.58. The van der Waals surface area contributed by atoms with E-state index in [4.69, 9.17) is 0 Å². The van der Waals surface area contributed by atoms with Crippen LogP contribution in [-0.4, -0.2) is 5.91 Å². The number of carbonyl (C=O) groups is 1. The van der Waals surface area contributed by atoms with Gasteiger partial charge >= 0.3 is 0 Å². The molecule has 2 heteroatoms. The van der Waals surface area contributed by atoms with Crippen LogP contribution in [0, 0.1) is 17.8 Å². The highest BCUT2D eigenvalue weighted by atomic mass is 16.1. The second-order valence-corrected chi connectivity index (χ2v) is 6.62. The molecule has 0 fully saturated rings. The molecular weight excluding hydrogens is 234 g/mol. The quantitative estimate of drug-likeness (QED) is 0.818. The molecule has 1 aromatic rings. The third-order valence-electron chi connectivity index (χ3n) is 4.87. The van der Waals surface area contributed by atoms with E-state index in [1.807, 2.05) is 6.92 Å². The molecule has 2 atom stereocenters. The van der Waals surface area contributed by atoms with Gasteiger partial charge in [-0.3, -0.25) is 4.79 Å². The molecule has 19 heavy (non-hydrogen) atoms. The fourth-order valence-corrected chi connectivity index (χ4v) is 3.42. The first kappa shape index (κ1) is 12.7. The molecule has 0 saturated heterocycles. The third kappa shape index (κ3) is 2.29. The van der Waals surface area contributed by atoms with Crippen LogP contribution in [0.25, 0.3) is 0 Å². The van der Waals surface area contributed by atoms with Crippen LogP contribution in [0.15, 0.2) is 12.1 Å². The fourth-order valence-electron chi connectivity index (χ4n) is 3.42. The minimum absolute atomic E-state index is 0.109. The van der Waals surface area contributed by atoms with Crippen molar-refractivity contribution in [2.75, 3.05) is 5.32 Å². The van der Waals surface area contributed by atoms with Gasteiger partial charge in [-0.2, -0.15) is 0 Å². The van der Waals surface area contributed by atoms with E-state index >= 15 is 0 Å². The monoisotopic (exact) mass is 257 g/mol. The molecule has 1 aliphatic carbocycles. The molecule has 3 rings (SSSR count). The van der Waals surface area contributed by atoms with Gasteiger partial charge in [0.15, 0.2) is 0 Å². The molecule has 0 saturated carbocycles. The summed E-state index contributed by atoms with van der Waals surface area (Å²) in [4.78, 5) is 11.8. The maximum absolute atomic E-state index is 11.8. The Morgan fingerprint density at radius 1 is 1.16 bits per heavy atom. The van der Waals surface area contributed by atoms with E-state index in [9.17, 15) is 4.79 Å². The van der Waals surface area contributed by atoms with Gasteiger partial charge in [0.2, 0.25) is 5.91 Å². The van der Waals surface area contributed by atoms with Gasteiger partial charge in [0, 0.05) is 11.6 Å². The largest absolute Gasteiger partial charge is 0.326 e. The van der Waals surface area contributed by atoms with Crippen molar-refractivity contribution in [1.82, 2.24) is 0 Å². The molecule has 1 heterocycles. The number of rotatable bonds is 1. The second-order valence-electron chi connectivity index (χ2n) is 6.62. The Labute approximate surface area is 115 Å². The number of nitrogens with one attached hydrogen (secondary N) is 1. The van der Waals surface area contributed by atoms with Crippen molar-refractivity contribution in [2.45, 2.75) is 46.5 Å². The van der Waals surface area contributed by atoms with E-state index < -0.39 is 0 Å². The van der Waals surface area contributed by atoms with Gasteiger partial charge in [0.25, 0.3) is 0 Å². The van der Waals surface area contributed by atoms with Crippen molar-refractivity contribution in [1.29, 1.82) is 0 Å². The van der Waals surface area contributed by atoms with Crippen molar-refractivity contribution in [3.05, 3.63) is 28.8 Å². The number of carbonyl (C=O) groups excluding carboxylic acids is 1. The summed E-state index contributed by atoms with van der Waals surface area (Å²) < 4.78 is 0. The Bertz CT molecular complexity index is 518.